The summed E-state index contributed by atoms with van der Waals surface area (Å²) < 4.78 is 10.5. The van der Waals surface area contributed by atoms with Gasteiger partial charge in [0.05, 0.1) is 19.8 Å². The second-order valence-electron chi connectivity index (χ2n) is 4.09. The highest BCUT2D eigenvalue weighted by atomic mass is 16.5. The molecule has 0 aliphatic carbocycles. The van der Waals surface area contributed by atoms with Gasteiger partial charge in [-0.1, -0.05) is 0 Å². The lowest BCUT2D eigenvalue weighted by Gasteiger charge is -2.10. The molecule has 0 spiro atoms. The van der Waals surface area contributed by atoms with Gasteiger partial charge >= 0.3 is 0 Å². The minimum atomic E-state index is 0.252. The molecule has 1 rings (SSSR count). The molecule has 0 unspecified atom stereocenters. The summed E-state index contributed by atoms with van der Waals surface area (Å²) in [5.74, 6) is 1.03. The number of nitrogens with one attached hydrogen (secondary N) is 1. The molecule has 0 fully saturated rings. The van der Waals surface area contributed by atoms with Gasteiger partial charge < -0.3 is 19.9 Å². The lowest BCUT2D eigenvalue weighted by molar-refractivity contribution is 0.0807. The SMILES string of the molecule is COc1ccc(O)c(CNCCOC(C)C)c1. The molecule has 0 amide bonds. The van der Waals surface area contributed by atoms with Crippen molar-refractivity contribution < 1.29 is 14.6 Å². The predicted octanol–water partition coefficient (Wildman–Crippen LogP) is 1.92. The molecule has 0 heterocycles. The number of ether oxygens (including phenoxy) is 2. The number of rotatable bonds is 7. The molecule has 17 heavy (non-hydrogen) atoms. The molecule has 1 aromatic carbocycles. The third-order valence-electron chi connectivity index (χ3n) is 2.33. The van der Waals surface area contributed by atoms with Crippen molar-refractivity contribution in [3.63, 3.8) is 0 Å². The van der Waals surface area contributed by atoms with E-state index in [2.05, 4.69) is 5.32 Å². The number of aromatic hydroxyl groups is 1. The Kier molecular flexibility index (Phi) is 5.80. The van der Waals surface area contributed by atoms with Crippen LogP contribution in [0.25, 0.3) is 0 Å². The van der Waals surface area contributed by atoms with Crippen LogP contribution in [0.5, 0.6) is 11.5 Å². The van der Waals surface area contributed by atoms with Crippen LogP contribution >= 0.6 is 0 Å². The maximum absolute atomic E-state index is 9.65. The second kappa shape index (κ2) is 7.14. The monoisotopic (exact) mass is 239 g/mol. The molecule has 1 aromatic rings. The van der Waals surface area contributed by atoms with Crippen molar-refractivity contribution in [3.8, 4) is 11.5 Å². The van der Waals surface area contributed by atoms with Gasteiger partial charge in [-0.2, -0.15) is 0 Å². The summed E-state index contributed by atoms with van der Waals surface area (Å²) in [4.78, 5) is 0. The third kappa shape index (κ3) is 5.06. The van der Waals surface area contributed by atoms with Gasteiger partial charge in [-0.25, -0.2) is 0 Å². The molecule has 0 saturated carbocycles. The van der Waals surface area contributed by atoms with Gasteiger partial charge in [-0.05, 0) is 32.0 Å². The van der Waals surface area contributed by atoms with Gasteiger partial charge in [0, 0.05) is 18.7 Å². The number of hydrogen-bond acceptors (Lipinski definition) is 4. The third-order valence-corrected chi connectivity index (χ3v) is 2.33. The summed E-state index contributed by atoms with van der Waals surface area (Å²) in [7, 11) is 1.61. The Hall–Kier alpha value is -1.26. The summed E-state index contributed by atoms with van der Waals surface area (Å²) in [5.41, 5.74) is 0.828. The number of methoxy groups -OCH3 is 1. The molecule has 0 bridgehead atoms. The van der Waals surface area contributed by atoms with Crippen LogP contribution in [0, 0.1) is 0 Å². The fourth-order valence-electron chi connectivity index (χ4n) is 1.42. The highest BCUT2D eigenvalue weighted by molar-refractivity contribution is 5.39. The fraction of sp³-hybridized carbons (Fsp3) is 0.538. The van der Waals surface area contributed by atoms with E-state index in [0.29, 0.717) is 13.2 Å². The molecule has 2 N–H and O–H groups in total. The van der Waals surface area contributed by atoms with Crippen LogP contribution in [-0.4, -0.2) is 31.5 Å². The largest absolute Gasteiger partial charge is 0.508 e. The molecular weight excluding hydrogens is 218 g/mol. The van der Waals surface area contributed by atoms with E-state index in [1.807, 2.05) is 19.9 Å². The Labute approximate surface area is 103 Å². The van der Waals surface area contributed by atoms with Crippen LogP contribution in [0.4, 0.5) is 0 Å². The Morgan fingerprint density at radius 1 is 1.35 bits per heavy atom. The standard InChI is InChI=1S/C13H21NO3/c1-10(2)17-7-6-14-9-11-8-12(16-3)4-5-13(11)15/h4-5,8,10,14-15H,6-7,9H2,1-3H3. The fourth-order valence-corrected chi connectivity index (χ4v) is 1.42. The van der Waals surface area contributed by atoms with Crippen LogP contribution < -0.4 is 10.1 Å². The molecule has 4 nitrogen and oxygen atoms in total. The van der Waals surface area contributed by atoms with E-state index < -0.39 is 0 Å². The zero-order valence-electron chi connectivity index (χ0n) is 10.7. The van der Waals surface area contributed by atoms with Gasteiger partial charge in [0.25, 0.3) is 0 Å². The van der Waals surface area contributed by atoms with Crippen LogP contribution in [0.1, 0.15) is 19.4 Å². The van der Waals surface area contributed by atoms with Crippen molar-refractivity contribution in [2.75, 3.05) is 20.3 Å². The molecule has 4 heteroatoms. The first kappa shape index (κ1) is 13.8. The maximum atomic E-state index is 9.65. The van der Waals surface area contributed by atoms with Crippen LogP contribution in [0.15, 0.2) is 18.2 Å². The van der Waals surface area contributed by atoms with Crippen LogP contribution in [0.2, 0.25) is 0 Å². The second-order valence-corrected chi connectivity index (χ2v) is 4.09. The number of benzene rings is 1. The average Bonchev–Trinajstić information content (AvgIpc) is 2.30. The van der Waals surface area contributed by atoms with Gasteiger partial charge in [0.15, 0.2) is 0 Å². The van der Waals surface area contributed by atoms with Crippen LogP contribution in [0.3, 0.4) is 0 Å². The van der Waals surface area contributed by atoms with E-state index in [1.165, 1.54) is 0 Å². The normalized spacial score (nSPS) is 10.8. The molecule has 96 valence electrons. The summed E-state index contributed by atoms with van der Waals surface area (Å²) in [6.45, 7) is 6.05. The van der Waals surface area contributed by atoms with E-state index in [0.717, 1.165) is 17.9 Å². The minimum Gasteiger partial charge on any atom is -0.508 e. The van der Waals surface area contributed by atoms with E-state index in [1.54, 1.807) is 19.2 Å². The Morgan fingerprint density at radius 2 is 2.12 bits per heavy atom. The minimum absolute atomic E-state index is 0.252. The molecule has 0 radical (unpaired) electrons. The summed E-state index contributed by atoms with van der Waals surface area (Å²) in [6, 6.07) is 5.20. The maximum Gasteiger partial charge on any atom is 0.120 e. The first-order valence-electron chi connectivity index (χ1n) is 5.81. The first-order chi connectivity index (χ1) is 8.13. The topological polar surface area (TPSA) is 50.7 Å². The average molecular weight is 239 g/mol. The van der Waals surface area contributed by atoms with Gasteiger partial charge in [-0.3, -0.25) is 0 Å². The number of phenols is 1. The molecule has 0 saturated heterocycles. The molecular formula is C13H21NO3. The van der Waals surface area contributed by atoms with Crippen molar-refractivity contribution in [3.05, 3.63) is 23.8 Å². The molecule has 0 aliphatic rings. The van der Waals surface area contributed by atoms with E-state index in [-0.39, 0.29) is 11.9 Å². The van der Waals surface area contributed by atoms with Gasteiger partial charge in [0.1, 0.15) is 11.5 Å². The number of phenolic OH excluding ortho intramolecular Hbond substituents is 1. The van der Waals surface area contributed by atoms with E-state index in [4.69, 9.17) is 9.47 Å². The lowest BCUT2D eigenvalue weighted by atomic mass is 10.2. The predicted molar refractivity (Wildman–Crippen MR) is 67.5 cm³/mol. The molecule has 0 aromatic heterocycles. The van der Waals surface area contributed by atoms with Gasteiger partial charge in [-0.15, -0.1) is 0 Å². The highest BCUT2D eigenvalue weighted by Gasteiger charge is 2.02. The van der Waals surface area contributed by atoms with E-state index >= 15 is 0 Å². The van der Waals surface area contributed by atoms with Gasteiger partial charge in [0.2, 0.25) is 0 Å². The quantitative estimate of drug-likeness (QED) is 0.714. The summed E-state index contributed by atoms with van der Waals surface area (Å²) >= 11 is 0. The smallest absolute Gasteiger partial charge is 0.120 e. The van der Waals surface area contributed by atoms with Crippen molar-refractivity contribution in [1.29, 1.82) is 0 Å². The van der Waals surface area contributed by atoms with Crippen molar-refractivity contribution in [2.24, 2.45) is 0 Å². The Morgan fingerprint density at radius 3 is 2.76 bits per heavy atom. The molecule has 0 aliphatic heterocycles. The van der Waals surface area contributed by atoms with Crippen molar-refractivity contribution in [2.45, 2.75) is 26.5 Å². The van der Waals surface area contributed by atoms with Crippen molar-refractivity contribution >= 4 is 0 Å². The summed E-state index contributed by atoms with van der Waals surface area (Å²) in [5, 5.41) is 12.9. The van der Waals surface area contributed by atoms with Crippen molar-refractivity contribution in [1.82, 2.24) is 5.32 Å². The number of hydrogen-bond donors (Lipinski definition) is 2. The van der Waals surface area contributed by atoms with E-state index in [9.17, 15) is 5.11 Å². The van der Waals surface area contributed by atoms with Crippen LogP contribution in [-0.2, 0) is 11.3 Å². The highest BCUT2D eigenvalue weighted by Crippen LogP contribution is 2.22. The lowest BCUT2D eigenvalue weighted by Crippen LogP contribution is -2.21. The molecule has 0 atom stereocenters. The Balaban J connectivity index is 2.35. The Bertz CT molecular complexity index is 339. The first-order valence-corrected chi connectivity index (χ1v) is 5.81. The zero-order valence-corrected chi connectivity index (χ0v) is 10.7. The zero-order chi connectivity index (χ0) is 12.7. The summed E-state index contributed by atoms with van der Waals surface area (Å²) in [6.07, 6.45) is 0.252.